The van der Waals surface area contributed by atoms with E-state index in [1.807, 2.05) is 0 Å². The first-order valence-electron chi connectivity index (χ1n) is 7.12. The molecule has 1 saturated carbocycles. The maximum Gasteiger partial charge on any atom is 0.155 e. The molecule has 1 N–H and O–H groups in total. The molecule has 106 valence electrons. The Hall–Kier alpha value is -1.75. The minimum absolute atomic E-state index is 0.0188. The molecule has 0 aromatic carbocycles. The molecule has 1 aliphatic rings. The Morgan fingerprint density at radius 1 is 1.30 bits per heavy atom. The van der Waals surface area contributed by atoms with E-state index < -0.39 is 0 Å². The predicted octanol–water partition coefficient (Wildman–Crippen LogP) is 2.21. The van der Waals surface area contributed by atoms with Gasteiger partial charge in [0, 0.05) is 23.7 Å². The number of nitrogens with zero attached hydrogens (tertiary/aromatic N) is 4. The summed E-state index contributed by atoms with van der Waals surface area (Å²) in [5, 5.41) is 7.73. The summed E-state index contributed by atoms with van der Waals surface area (Å²) in [7, 11) is 0. The number of aromatic nitrogens is 4. The minimum Gasteiger partial charge on any atom is -0.310 e. The third-order valence-electron chi connectivity index (χ3n) is 3.47. The molecule has 0 aliphatic heterocycles. The van der Waals surface area contributed by atoms with Gasteiger partial charge in [0.1, 0.15) is 12.7 Å². The van der Waals surface area contributed by atoms with Crippen LogP contribution in [0, 0.1) is 0 Å². The quantitative estimate of drug-likeness (QED) is 0.926. The summed E-state index contributed by atoms with van der Waals surface area (Å²) in [6.45, 7) is 7.42. The van der Waals surface area contributed by atoms with Crippen molar-refractivity contribution in [1.29, 1.82) is 0 Å². The smallest absolute Gasteiger partial charge is 0.155 e. The summed E-state index contributed by atoms with van der Waals surface area (Å²) in [6, 6.07) is 4.98. The van der Waals surface area contributed by atoms with Crippen molar-refractivity contribution in [3.63, 3.8) is 0 Å². The Morgan fingerprint density at radius 3 is 2.70 bits per heavy atom. The topological polar surface area (TPSA) is 55.6 Å². The van der Waals surface area contributed by atoms with Crippen molar-refractivity contribution in [3.8, 4) is 5.82 Å². The number of pyridine rings is 1. The molecule has 5 heteroatoms. The molecule has 3 rings (SSSR count). The average Bonchev–Trinajstić information content (AvgIpc) is 3.07. The van der Waals surface area contributed by atoms with E-state index in [1.54, 1.807) is 11.0 Å². The van der Waals surface area contributed by atoms with Crippen LogP contribution in [0.4, 0.5) is 0 Å². The van der Waals surface area contributed by atoms with Gasteiger partial charge in [0.2, 0.25) is 0 Å². The summed E-state index contributed by atoms with van der Waals surface area (Å²) in [6.07, 6.45) is 5.82. The number of nitrogens with one attached hydrogen (secondary N) is 1. The lowest BCUT2D eigenvalue weighted by Gasteiger charge is -2.20. The summed E-state index contributed by atoms with van der Waals surface area (Å²) < 4.78 is 1.72. The van der Waals surface area contributed by atoms with Crippen LogP contribution < -0.4 is 5.32 Å². The Bertz CT molecular complexity index is 579. The fraction of sp³-hybridized carbons (Fsp3) is 0.533. The zero-order valence-electron chi connectivity index (χ0n) is 12.3. The first-order valence-corrected chi connectivity index (χ1v) is 7.12. The summed E-state index contributed by atoms with van der Waals surface area (Å²) in [5.41, 5.74) is 2.35. The molecule has 2 aromatic rings. The Balaban J connectivity index is 1.93. The van der Waals surface area contributed by atoms with Crippen molar-refractivity contribution < 1.29 is 0 Å². The molecule has 0 amide bonds. The summed E-state index contributed by atoms with van der Waals surface area (Å²) in [5.74, 6) is 0.836. The molecule has 0 atom stereocenters. The first-order chi connectivity index (χ1) is 9.52. The predicted molar refractivity (Wildman–Crippen MR) is 77.7 cm³/mol. The standard InChI is InChI=1S/C15H21N5/c1-15(2,3)13-6-11(8-17-12-4-5-12)7-14(19-13)20-10-16-9-18-20/h6-7,9-10,12,17H,4-5,8H2,1-3H3. The van der Waals surface area contributed by atoms with Gasteiger partial charge in [-0.3, -0.25) is 0 Å². The molecule has 2 aromatic heterocycles. The number of rotatable bonds is 4. The average molecular weight is 271 g/mol. The molecule has 2 heterocycles. The van der Waals surface area contributed by atoms with E-state index in [2.05, 4.69) is 48.3 Å². The molecular formula is C15H21N5. The summed E-state index contributed by atoms with van der Waals surface area (Å²) >= 11 is 0. The van der Waals surface area contributed by atoms with Crippen molar-refractivity contribution in [2.75, 3.05) is 0 Å². The van der Waals surface area contributed by atoms with E-state index in [0.717, 1.165) is 18.1 Å². The van der Waals surface area contributed by atoms with Crippen molar-refractivity contribution in [2.24, 2.45) is 0 Å². The van der Waals surface area contributed by atoms with Gasteiger partial charge in [0.05, 0.1) is 0 Å². The SMILES string of the molecule is CC(C)(C)c1cc(CNC2CC2)cc(-n2cncn2)n1. The molecule has 0 radical (unpaired) electrons. The van der Waals surface area contributed by atoms with Crippen LogP contribution in [0.3, 0.4) is 0 Å². The van der Waals surface area contributed by atoms with Gasteiger partial charge in [0.15, 0.2) is 5.82 Å². The molecule has 1 aliphatic carbocycles. The molecular weight excluding hydrogens is 250 g/mol. The second-order valence-corrected chi connectivity index (χ2v) is 6.46. The highest BCUT2D eigenvalue weighted by atomic mass is 15.3. The van der Waals surface area contributed by atoms with Crippen molar-refractivity contribution in [3.05, 3.63) is 36.0 Å². The molecule has 1 fully saturated rings. The zero-order chi connectivity index (χ0) is 14.2. The Labute approximate surface area is 119 Å². The van der Waals surface area contributed by atoms with Gasteiger partial charge in [-0.2, -0.15) is 5.10 Å². The van der Waals surface area contributed by atoms with Gasteiger partial charge in [-0.25, -0.2) is 14.6 Å². The van der Waals surface area contributed by atoms with Gasteiger partial charge < -0.3 is 5.32 Å². The lowest BCUT2D eigenvalue weighted by molar-refractivity contribution is 0.563. The van der Waals surface area contributed by atoms with E-state index in [-0.39, 0.29) is 5.41 Å². The Morgan fingerprint density at radius 2 is 2.10 bits per heavy atom. The zero-order valence-corrected chi connectivity index (χ0v) is 12.3. The van der Waals surface area contributed by atoms with E-state index in [9.17, 15) is 0 Å². The fourth-order valence-corrected chi connectivity index (χ4v) is 2.05. The normalized spacial score (nSPS) is 15.6. The van der Waals surface area contributed by atoms with Crippen molar-refractivity contribution in [2.45, 2.75) is 51.6 Å². The van der Waals surface area contributed by atoms with Gasteiger partial charge >= 0.3 is 0 Å². The fourth-order valence-electron chi connectivity index (χ4n) is 2.05. The van der Waals surface area contributed by atoms with Crippen LogP contribution in [-0.4, -0.2) is 25.8 Å². The highest BCUT2D eigenvalue weighted by molar-refractivity contribution is 5.32. The van der Waals surface area contributed by atoms with Gasteiger partial charge in [0.25, 0.3) is 0 Å². The van der Waals surface area contributed by atoms with Crippen LogP contribution in [0.2, 0.25) is 0 Å². The third kappa shape index (κ3) is 3.04. The first kappa shape index (κ1) is 13.2. The van der Waals surface area contributed by atoms with E-state index >= 15 is 0 Å². The van der Waals surface area contributed by atoms with Gasteiger partial charge in [-0.15, -0.1) is 0 Å². The van der Waals surface area contributed by atoms with E-state index in [4.69, 9.17) is 4.98 Å². The van der Waals surface area contributed by atoms with E-state index in [0.29, 0.717) is 6.04 Å². The molecule has 5 nitrogen and oxygen atoms in total. The van der Waals surface area contributed by atoms with Crippen LogP contribution in [0.15, 0.2) is 24.8 Å². The molecule has 0 bridgehead atoms. The van der Waals surface area contributed by atoms with Gasteiger partial charge in [-0.05, 0) is 30.5 Å². The van der Waals surface area contributed by atoms with Crippen LogP contribution in [0.1, 0.15) is 44.9 Å². The second kappa shape index (κ2) is 4.98. The lowest BCUT2D eigenvalue weighted by atomic mass is 9.90. The molecule has 0 unspecified atom stereocenters. The highest BCUT2D eigenvalue weighted by Gasteiger charge is 2.21. The molecule has 0 spiro atoms. The van der Waals surface area contributed by atoms with Gasteiger partial charge in [-0.1, -0.05) is 20.8 Å². The van der Waals surface area contributed by atoms with Crippen molar-refractivity contribution in [1.82, 2.24) is 25.1 Å². The number of hydrogen-bond acceptors (Lipinski definition) is 4. The van der Waals surface area contributed by atoms with Crippen LogP contribution >= 0.6 is 0 Å². The third-order valence-corrected chi connectivity index (χ3v) is 3.47. The van der Waals surface area contributed by atoms with E-state index in [1.165, 1.54) is 24.7 Å². The van der Waals surface area contributed by atoms with Crippen LogP contribution in [-0.2, 0) is 12.0 Å². The van der Waals surface area contributed by atoms with Crippen molar-refractivity contribution >= 4 is 0 Å². The largest absolute Gasteiger partial charge is 0.310 e. The number of hydrogen-bond donors (Lipinski definition) is 1. The maximum atomic E-state index is 4.72. The van der Waals surface area contributed by atoms with Crippen LogP contribution in [0.5, 0.6) is 0 Å². The monoisotopic (exact) mass is 271 g/mol. The second-order valence-electron chi connectivity index (χ2n) is 6.46. The molecule has 0 saturated heterocycles. The minimum atomic E-state index is 0.0188. The Kier molecular flexibility index (Phi) is 3.30. The lowest BCUT2D eigenvalue weighted by Crippen LogP contribution is -2.19. The molecule has 20 heavy (non-hydrogen) atoms. The van der Waals surface area contributed by atoms with Crippen LogP contribution in [0.25, 0.3) is 5.82 Å². The highest BCUT2D eigenvalue weighted by Crippen LogP contribution is 2.24. The summed E-state index contributed by atoms with van der Waals surface area (Å²) in [4.78, 5) is 8.72. The maximum absolute atomic E-state index is 4.72.